The van der Waals surface area contributed by atoms with Crippen molar-refractivity contribution in [1.29, 1.82) is 0 Å². The summed E-state index contributed by atoms with van der Waals surface area (Å²) < 4.78 is 0. The second-order valence-corrected chi connectivity index (χ2v) is 6.89. The fraction of sp³-hybridized carbons (Fsp3) is 0.176. The summed E-state index contributed by atoms with van der Waals surface area (Å²) in [5.41, 5.74) is 1.94. The van der Waals surface area contributed by atoms with Crippen molar-refractivity contribution in [2.75, 3.05) is 6.54 Å². The zero-order chi connectivity index (χ0) is 16.1. The van der Waals surface area contributed by atoms with E-state index in [1.165, 1.54) is 0 Å². The van der Waals surface area contributed by atoms with Gasteiger partial charge in [-0.05, 0) is 24.3 Å². The van der Waals surface area contributed by atoms with Gasteiger partial charge in [-0.1, -0.05) is 35.3 Å². The maximum absolute atomic E-state index is 6.24. The molecule has 6 heteroatoms. The summed E-state index contributed by atoms with van der Waals surface area (Å²) in [4.78, 5) is 9.73. The number of nitrogens with zero attached hydrogens (tertiary/aromatic N) is 2. The van der Waals surface area contributed by atoms with Gasteiger partial charge in [-0.2, -0.15) is 0 Å². The summed E-state index contributed by atoms with van der Waals surface area (Å²) in [6.45, 7) is 1.58. The molecule has 118 valence electrons. The highest BCUT2D eigenvalue weighted by Gasteiger charge is 2.11. The lowest BCUT2D eigenvalue weighted by molar-refractivity contribution is 0.677. The van der Waals surface area contributed by atoms with E-state index in [-0.39, 0.29) is 0 Å². The Morgan fingerprint density at radius 1 is 1.00 bits per heavy atom. The number of aromatic nitrogens is 2. The van der Waals surface area contributed by atoms with Crippen LogP contribution < -0.4 is 5.32 Å². The highest BCUT2D eigenvalue weighted by atomic mass is 35.5. The molecule has 0 amide bonds. The highest BCUT2D eigenvalue weighted by molar-refractivity contribution is 7.15. The average molecular weight is 364 g/mol. The molecule has 0 atom stereocenters. The lowest BCUT2D eigenvalue weighted by atomic mass is 10.2. The summed E-state index contributed by atoms with van der Waals surface area (Å²) >= 11 is 14.1. The van der Waals surface area contributed by atoms with Crippen LogP contribution in [0.3, 0.4) is 0 Å². The molecule has 0 saturated heterocycles. The minimum atomic E-state index is 0.649. The first-order chi connectivity index (χ1) is 11.2. The number of nitrogens with one attached hydrogen (secondary N) is 1. The fourth-order valence-corrected chi connectivity index (χ4v) is 3.87. The molecular weight excluding hydrogens is 349 g/mol. The van der Waals surface area contributed by atoms with E-state index < -0.39 is 0 Å². The van der Waals surface area contributed by atoms with Gasteiger partial charge in [0.25, 0.3) is 0 Å². The van der Waals surface area contributed by atoms with Crippen LogP contribution in [0.2, 0.25) is 10.0 Å². The van der Waals surface area contributed by atoms with Crippen LogP contribution in [0.15, 0.2) is 48.8 Å². The average Bonchev–Trinajstić information content (AvgIpc) is 3.01. The van der Waals surface area contributed by atoms with Crippen molar-refractivity contribution in [1.82, 2.24) is 15.3 Å². The van der Waals surface area contributed by atoms with E-state index in [0.29, 0.717) is 10.0 Å². The van der Waals surface area contributed by atoms with Gasteiger partial charge in [0.05, 0.1) is 14.9 Å². The SMILES string of the molecule is Clc1cccc(Cl)c1-c1cnc(CNCCc2ccccn2)s1. The molecule has 0 aliphatic carbocycles. The van der Waals surface area contributed by atoms with Gasteiger partial charge in [0, 0.05) is 43.2 Å². The van der Waals surface area contributed by atoms with Gasteiger partial charge >= 0.3 is 0 Å². The Hall–Kier alpha value is -1.46. The third-order valence-corrected chi connectivity index (χ3v) is 4.97. The lowest BCUT2D eigenvalue weighted by Crippen LogP contribution is -2.16. The summed E-state index contributed by atoms with van der Waals surface area (Å²) in [5.74, 6) is 0. The Morgan fingerprint density at radius 2 is 1.83 bits per heavy atom. The van der Waals surface area contributed by atoms with Gasteiger partial charge in [0.2, 0.25) is 0 Å². The molecule has 1 N–H and O–H groups in total. The first-order valence-electron chi connectivity index (χ1n) is 7.24. The van der Waals surface area contributed by atoms with E-state index in [1.807, 2.05) is 48.8 Å². The normalized spacial score (nSPS) is 10.9. The molecule has 0 spiro atoms. The molecule has 2 heterocycles. The molecule has 0 saturated carbocycles. The number of rotatable bonds is 6. The summed E-state index contributed by atoms with van der Waals surface area (Å²) in [6.07, 6.45) is 4.54. The van der Waals surface area contributed by atoms with E-state index in [2.05, 4.69) is 15.3 Å². The predicted octanol–water partition coefficient (Wildman–Crippen LogP) is 4.84. The molecule has 0 unspecified atom stereocenters. The van der Waals surface area contributed by atoms with Crippen LogP contribution in [0, 0.1) is 0 Å². The van der Waals surface area contributed by atoms with Crippen molar-refractivity contribution < 1.29 is 0 Å². The van der Waals surface area contributed by atoms with Gasteiger partial charge in [-0.3, -0.25) is 4.98 Å². The molecule has 23 heavy (non-hydrogen) atoms. The summed E-state index contributed by atoms with van der Waals surface area (Å²) in [6, 6.07) is 11.5. The fourth-order valence-electron chi connectivity index (χ4n) is 2.20. The van der Waals surface area contributed by atoms with E-state index >= 15 is 0 Å². The van der Waals surface area contributed by atoms with Gasteiger partial charge in [-0.25, -0.2) is 4.98 Å². The van der Waals surface area contributed by atoms with E-state index in [1.54, 1.807) is 11.3 Å². The van der Waals surface area contributed by atoms with Crippen molar-refractivity contribution in [3.05, 3.63) is 69.5 Å². The standard InChI is InChI=1S/C17H15Cl2N3S/c18-13-5-3-6-14(19)17(13)15-10-22-16(23-15)11-20-9-7-12-4-1-2-8-21-12/h1-6,8,10,20H,7,9,11H2. The highest BCUT2D eigenvalue weighted by Crippen LogP contribution is 2.37. The molecule has 0 fully saturated rings. The van der Waals surface area contributed by atoms with Crippen LogP contribution in [-0.2, 0) is 13.0 Å². The first-order valence-corrected chi connectivity index (χ1v) is 8.81. The monoisotopic (exact) mass is 363 g/mol. The largest absolute Gasteiger partial charge is 0.310 e. The molecule has 0 aliphatic rings. The summed E-state index contributed by atoms with van der Waals surface area (Å²) in [7, 11) is 0. The van der Waals surface area contributed by atoms with Crippen LogP contribution in [0.4, 0.5) is 0 Å². The Labute approximate surface area is 149 Å². The Bertz CT molecular complexity index is 754. The van der Waals surface area contributed by atoms with E-state index in [0.717, 1.165) is 40.7 Å². The molecule has 0 bridgehead atoms. The lowest BCUT2D eigenvalue weighted by Gasteiger charge is -2.03. The molecule has 0 radical (unpaired) electrons. The van der Waals surface area contributed by atoms with E-state index in [9.17, 15) is 0 Å². The minimum Gasteiger partial charge on any atom is -0.310 e. The van der Waals surface area contributed by atoms with Gasteiger partial charge in [0.15, 0.2) is 0 Å². The summed E-state index contributed by atoms with van der Waals surface area (Å²) in [5, 5.41) is 5.70. The maximum atomic E-state index is 6.24. The number of hydrogen-bond donors (Lipinski definition) is 1. The number of halogens is 2. The van der Waals surface area contributed by atoms with Crippen LogP contribution >= 0.6 is 34.5 Å². The van der Waals surface area contributed by atoms with Gasteiger partial charge in [-0.15, -0.1) is 11.3 Å². The minimum absolute atomic E-state index is 0.649. The smallest absolute Gasteiger partial charge is 0.107 e. The zero-order valence-corrected chi connectivity index (χ0v) is 14.6. The molecule has 2 aromatic heterocycles. The second-order valence-electron chi connectivity index (χ2n) is 4.96. The molecule has 3 nitrogen and oxygen atoms in total. The Kier molecular flexibility index (Phi) is 5.62. The van der Waals surface area contributed by atoms with Crippen LogP contribution in [-0.4, -0.2) is 16.5 Å². The third-order valence-electron chi connectivity index (χ3n) is 3.32. The molecule has 3 aromatic rings. The third kappa shape index (κ3) is 4.30. The van der Waals surface area contributed by atoms with Crippen molar-refractivity contribution in [3.8, 4) is 10.4 Å². The van der Waals surface area contributed by atoms with Crippen LogP contribution in [0.5, 0.6) is 0 Å². The molecular formula is C17H15Cl2N3S. The molecule has 3 rings (SSSR count). The molecule has 1 aromatic carbocycles. The Balaban J connectivity index is 1.58. The van der Waals surface area contributed by atoms with Gasteiger partial charge < -0.3 is 5.32 Å². The first kappa shape index (κ1) is 16.4. The van der Waals surface area contributed by atoms with Crippen molar-refractivity contribution in [2.24, 2.45) is 0 Å². The Morgan fingerprint density at radius 3 is 2.57 bits per heavy atom. The predicted molar refractivity (Wildman–Crippen MR) is 97.2 cm³/mol. The number of pyridine rings is 1. The van der Waals surface area contributed by atoms with Gasteiger partial charge in [0.1, 0.15) is 5.01 Å². The number of thiazole rings is 1. The second kappa shape index (κ2) is 7.88. The van der Waals surface area contributed by atoms with Crippen LogP contribution in [0.1, 0.15) is 10.7 Å². The maximum Gasteiger partial charge on any atom is 0.107 e. The van der Waals surface area contributed by atoms with Crippen molar-refractivity contribution in [2.45, 2.75) is 13.0 Å². The van der Waals surface area contributed by atoms with Crippen molar-refractivity contribution in [3.63, 3.8) is 0 Å². The quantitative estimate of drug-likeness (QED) is 0.636. The molecule has 0 aliphatic heterocycles. The zero-order valence-electron chi connectivity index (χ0n) is 12.3. The number of benzene rings is 1. The van der Waals surface area contributed by atoms with Crippen molar-refractivity contribution >= 4 is 34.5 Å². The number of hydrogen-bond acceptors (Lipinski definition) is 4. The topological polar surface area (TPSA) is 37.8 Å². The van der Waals surface area contributed by atoms with E-state index in [4.69, 9.17) is 23.2 Å². The van der Waals surface area contributed by atoms with Crippen LogP contribution in [0.25, 0.3) is 10.4 Å².